The summed E-state index contributed by atoms with van der Waals surface area (Å²) in [6.07, 6.45) is 2.47. The molecule has 2 unspecified atom stereocenters. The van der Waals surface area contributed by atoms with Crippen LogP contribution in [0, 0.1) is 5.82 Å². The molecule has 3 rings (SSSR count). The van der Waals surface area contributed by atoms with Crippen LogP contribution in [0.2, 0.25) is 0 Å². The Balaban J connectivity index is 2.02. The lowest BCUT2D eigenvalue weighted by Gasteiger charge is -2.36. The summed E-state index contributed by atoms with van der Waals surface area (Å²) in [5, 5.41) is 9.33. The SMILES string of the molecule is O=S(=O)(c1cc(F)ccc1CO)N1CCOC2CCCC21. The zero-order valence-corrected chi connectivity index (χ0v) is 12.4. The summed E-state index contributed by atoms with van der Waals surface area (Å²) in [5.74, 6) is -0.623. The predicted molar refractivity (Wildman–Crippen MR) is 73.6 cm³/mol. The van der Waals surface area contributed by atoms with Crippen LogP contribution in [-0.2, 0) is 21.4 Å². The lowest BCUT2D eigenvalue weighted by atomic mass is 10.2. The van der Waals surface area contributed by atoms with Crippen molar-refractivity contribution in [2.24, 2.45) is 0 Å². The van der Waals surface area contributed by atoms with Crippen LogP contribution < -0.4 is 0 Å². The van der Waals surface area contributed by atoms with Gasteiger partial charge in [-0.25, -0.2) is 12.8 Å². The van der Waals surface area contributed by atoms with Gasteiger partial charge in [-0.1, -0.05) is 6.07 Å². The molecule has 0 radical (unpaired) electrons. The van der Waals surface area contributed by atoms with Crippen molar-refractivity contribution in [1.82, 2.24) is 4.31 Å². The Morgan fingerprint density at radius 1 is 1.38 bits per heavy atom. The van der Waals surface area contributed by atoms with Crippen LogP contribution in [0.1, 0.15) is 24.8 Å². The van der Waals surface area contributed by atoms with Gasteiger partial charge in [0.05, 0.1) is 30.3 Å². The molecule has 0 aromatic heterocycles. The Kier molecular flexibility index (Phi) is 4.00. The minimum absolute atomic E-state index is 0.0698. The van der Waals surface area contributed by atoms with Gasteiger partial charge in [0.15, 0.2) is 0 Å². The number of aliphatic hydroxyl groups excluding tert-OH is 1. The van der Waals surface area contributed by atoms with E-state index in [4.69, 9.17) is 4.74 Å². The van der Waals surface area contributed by atoms with Crippen LogP contribution in [0.25, 0.3) is 0 Å². The van der Waals surface area contributed by atoms with Gasteiger partial charge in [0, 0.05) is 6.54 Å². The molecule has 1 aromatic rings. The first-order valence-electron chi connectivity index (χ1n) is 7.07. The molecule has 2 aliphatic rings. The van der Waals surface area contributed by atoms with Gasteiger partial charge in [-0.15, -0.1) is 0 Å². The van der Waals surface area contributed by atoms with Crippen molar-refractivity contribution in [1.29, 1.82) is 0 Å². The zero-order chi connectivity index (χ0) is 15.0. The molecular formula is C14H18FNO4S. The first-order chi connectivity index (χ1) is 10.0. The molecule has 7 heteroatoms. The molecule has 0 spiro atoms. The van der Waals surface area contributed by atoms with Crippen molar-refractivity contribution < 1.29 is 22.7 Å². The number of ether oxygens (including phenoxy) is 1. The number of hydrogen-bond donors (Lipinski definition) is 1. The highest BCUT2D eigenvalue weighted by Crippen LogP contribution is 2.34. The van der Waals surface area contributed by atoms with E-state index in [0.29, 0.717) is 6.61 Å². The minimum atomic E-state index is -3.83. The van der Waals surface area contributed by atoms with E-state index in [-0.39, 0.29) is 29.1 Å². The van der Waals surface area contributed by atoms with Crippen LogP contribution in [0.4, 0.5) is 4.39 Å². The van der Waals surface area contributed by atoms with Crippen molar-refractivity contribution in [3.05, 3.63) is 29.6 Å². The van der Waals surface area contributed by atoms with Crippen molar-refractivity contribution in [2.75, 3.05) is 13.2 Å². The molecule has 2 fully saturated rings. The Labute approximate surface area is 123 Å². The number of benzene rings is 1. The number of rotatable bonds is 3. The Morgan fingerprint density at radius 3 is 2.95 bits per heavy atom. The maximum atomic E-state index is 13.5. The summed E-state index contributed by atoms with van der Waals surface area (Å²) in [4.78, 5) is -0.141. The molecular weight excluding hydrogens is 297 g/mol. The van der Waals surface area contributed by atoms with Crippen LogP contribution in [0.5, 0.6) is 0 Å². The molecule has 116 valence electrons. The summed E-state index contributed by atoms with van der Waals surface area (Å²) < 4.78 is 46.2. The van der Waals surface area contributed by atoms with E-state index in [1.54, 1.807) is 0 Å². The number of morpholine rings is 1. The summed E-state index contributed by atoms with van der Waals surface area (Å²) in [7, 11) is -3.83. The molecule has 0 amide bonds. The fourth-order valence-corrected chi connectivity index (χ4v) is 5.10. The molecule has 1 saturated heterocycles. The number of halogens is 1. The smallest absolute Gasteiger partial charge is 0.243 e. The quantitative estimate of drug-likeness (QED) is 0.912. The third-order valence-electron chi connectivity index (χ3n) is 4.22. The average molecular weight is 315 g/mol. The predicted octanol–water partition coefficient (Wildman–Crippen LogP) is 1.26. The van der Waals surface area contributed by atoms with E-state index >= 15 is 0 Å². The number of hydrogen-bond acceptors (Lipinski definition) is 4. The summed E-state index contributed by atoms with van der Waals surface area (Å²) >= 11 is 0. The second kappa shape index (κ2) is 5.64. The molecule has 2 atom stereocenters. The normalized spacial score (nSPS) is 26.8. The second-order valence-corrected chi connectivity index (χ2v) is 7.29. The molecule has 1 aliphatic carbocycles. The zero-order valence-electron chi connectivity index (χ0n) is 11.5. The van der Waals surface area contributed by atoms with Crippen LogP contribution >= 0.6 is 0 Å². The molecule has 1 saturated carbocycles. The minimum Gasteiger partial charge on any atom is -0.392 e. The molecule has 1 aliphatic heterocycles. The summed E-state index contributed by atoms with van der Waals surface area (Å²) in [5.41, 5.74) is 0.220. The van der Waals surface area contributed by atoms with Crippen LogP contribution in [-0.4, -0.2) is 43.1 Å². The number of fused-ring (bicyclic) bond motifs is 1. The summed E-state index contributed by atoms with van der Waals surface area (Å²) in [6.45, 7) is 0.183. The molecule has 1 N–H and O–H groups in total. The van der Waals surface area contributed by atoms with Gasteiger partial charge in [-0.2, -0.15) is 4.31 Å². The van der Waals surface area contributed by atoms with E-state index in [1.165, 1.54) is 10.4 Å². The molecule has 0 bridgehead atoms. The Morgan fingerprint density at radius 2 is 2.19 bits per heavy atom. The fraction of sp³-hybridized carbons (Fsp3) is 0.571. The van der Waals surface area contributed by atoms with E-state index in [9.17, 15) is 17.9 Å². The molecule has 5 nitrogen and oxygen atoms in total. The largest absolute Gasteiger partial charge is 0.392 e. The molecule has 1 aromatic carbocycles. The van der Waals surface area contributed by atoms with Gasteiger partial charge >= 0.3 is 0 Å². The van der Waals surface area contributed by atoms with E-state index in [2.05, 4.69) is 0 Å². The maximum absolute atomic E-state index is 13.5. The van der Waals surface area contributed by atoms with Crippen molar-refractivity contribution in [2.45, 2.75) is 42.9 Å². The highest BCUT2D eigenvalue weighted by molar-refractivity contribution is 7.89. The van der Waals surface area contributed by atoms with Gasteiger partial charge in [-0.05, 0) is 37.0 Å². The average Bonchev–Trinajstić information content (AvgIpc) is 2.95. The lowest BCUT2D eigenvalue weighted by Crippen LogP contribution is -2.51. The maximum Gasteiger partial charge on any atom is 0.243 e. The number of aliphatic hydroxyl groups is 1. The third kappa shape index (κ3) is 2.59. The standard InChI is InChI=1S/C14H18FNO4S/c15-11-5-4-10(9-17)14(8-11)21(18,19)16-6-7-20-13-3-1-2-12(13)16/h4-5,8,12-13,17H,1-3,6-7,9H2. The van der Waals surface area contributed by atoms with E-state index < -0.39 is 22.4 Å². The van der Waals surface area contributed by atoms with E-state index in [1.807, 2.05) is 0 Å². The molecule has 1 heterocycles. The monoisotopic (exact) mass is 315 g/mol. The van der Waals surface area contributed by atoms with Crippen molar-refractivity contribution >= 4 is 10.0 Å². The Bertz CT molecular complexity index is 634. The van der Waals surface area contributed by atoms with Crippen LogP contribution in [0.15, 0.2) is 23.1 Å². The van der Waals surface area contributed by atoms with Gasteiger partial charge in [0.1, 0.15) is 5.82 Å². The highest BCUT2D eigenvalue weighted by atomic mass is 32.2. The van der Waals surface area contributed by atoms with Crippen molar-refractivity contribution in [3.8, 4) is 0 Å². The molecule has 21 heavy (non-hydrogen) atoms. The first-order valence-corrected chi connectivity index (χ1v) is 8.51. The summed E-state index contributed by atoms with van der Waals surface area (Å²) in [6, 6.07) is 3.27. The Hall–Kier alpha value is -1.02. The lowest BCUT2D eigenvalue weighted by molar-refractivity contribution is -0.0242. The fourth-order valence-electron chi connectivity index (χ4n) is 3.21. The van der Waals surface area contributed by atoms with Crippen molar-refractivity contribution in [3.63, 3.8) is 0 Å². The van der Waals surface area contributed by atoms with Gasteiger partial charge in [0.25, 0.3) is 0 Å². The first kappa shape index (κ1) is 14.9. The van der Waals surface area contributed by atoms with Crippen LogP contribution in [0.3, 0.4) is 0 Å². The topological polar surface area (TPSA) is 66.8 Å². The van der Waals surface area contributed by atoms with Gasteiger partial charge in [-0.3, -0.25) is 0 Å². The van der Waals surface area contributed by atoms with Gasteiger partial charge in [0.2, 0.25) is 10.0 Å². The van der Waals surface area contributed by atoms with E-state index in [0.717, 1.165) is 31.4 Å². The number of sulfonamides is 1. The highest BCUT2D eigenvalue weighted by Gasteiger charge is 2.42. The number of nitrogens with zero attached hydrogens (tertiary/aromatic N) is 1. The third-order valence-corrected chi connectivity index (χ3v) is 6.22. The second-order valence-electron chi connectivity index (χ2n) is 5.43. The van der Waals surface area contributed by atoms with Gasteiger partial charge < -0.3 is 9.84 Å².